The summed E-state index contributed by atoms with van der Waals surface area (Å²) in [5.74, 6) is 0.968. The van der Waals surface area contributed by atoms with Gasteiger partial charge in [-0.3, -0.25) is 4.79 Å². The number of carbonyl (C=O) groups is 1. The maximum absolute atomic E-state index is 12.7. The van der Waals surface area contributed by atoms with Crippen LogP contribution in [-0.4, -0.2) is 29.8 Å². The third-order valence-corrected chi connectivity index (χ3v) is 6.40. The summed E-state index contributed by atoms with van der Waals surface area (Å²) >= 11 is 0. The van der Waals surface area contributed by atoms with Crippen molar-refractivity contribution in [3.63, 3.8) is 0 Å². The van der Waals surface area contributed by atoms with E-state index in [1.807, 2.05) is 11.2 Å². The van der Waals surface area contributed by atoms with E-state index < -0.39 is 5.41 Å². The third-order valence-electron chi connectivity index (χ3n) is 6.40. The summed E-state index contributed by atoms with van der Waals surface area (Å²) in [7, 11) is 0. The molecule has 1 aromatic carbocycles. The second-order valence-corrected chi connectivity index (χ2v) is 9.34. The van der Waals surface area contributed by atoms with Crippen LogP contribution in [0.2, 0.25) is 0 Å². The Morgan fingerprint density at radius 2 is 2.14 bits per heavy atom. The van der Waals surface area contributed by atoms with Crippen molar-refractivity contribution < 1.29 is 24.5 Å². The molecule has 0 amide bonds. The Balaban J connectivity index is 1.93. The molecule has 6 heteroatoms. The SMILES string of the molecule is CC1=CCC2[C@@H](C1)c1c(O)cc(C(C)(C)C(=O)OCCC[NH+]=[N-])cc1OC2(C)C. The van der Waals surface area contributed by atoms with Crippen LogP contribution in [0, 0.1) is 5.92 Å². The Bertz CT molecular complexity index is 842. The monoisotopic (exact) mass is 400 g/mol. The van der Waals surface area contributed by atoms with E-state index in [1.165, 1.54) is 5.57 Å². The maximum atomic E-state index is 12.7. The smallest absolute Gasteiger partial charge is 0.315 e. The van der Waals surface area contributed by atoms with E-state index in [0.29, 0.717) is 30.2 Å². The predicted octanol–water partition coefficient (Wildman–Crippen LogP) is 3.32. The lowest BCUT2D eigenvalue weighted by Gasteiger charge is -2.47. The van der Waals surface area contributed by atoms with Gasteiger partial charge in [0.2, 0.25) is 0 Å². The molecule has 1 aromatic rings. The van der Waals surface area contributed by atoms with Gasteiger partial charge in [-0.15, -0.1) is 0 Å². The number of nitrogens with zero attached hydrogens (tertiary/aromatic N) is 1. The number of allylic oxidation sites excluding steroid dienone is 2. The first-order chi connectivity index (χ1) is 13.6. The molecule has 1 aliphatic heterocycles. The molecule has 158 valence electrons. The molecule has 1 aliphatic carbocycles. The second kappa shape index (κ2) is 7.81. The molecule has 2 atom stereocenters. The van der Waals surface area contributed by atoms with Crippen LogP contribution in [0.4, 0.5) is 0 Å². The lowest BCUT2D eigenvalue weighted by molar-refractivity contribution is -0.481. The van der Waals surface area contributed by atoms with Crippen LogP contribution in [0.25, 0.3) is 5.53 Å². The average Bonchev–Trinajstić information content (AvgIpc) is 2.63. The van der Waals surface area contributed by atoms with Crippen molar-refractivity contribution in [3.8, 4) is 11.5 Å². The van der Waals surface area contributed by atoms with E-state index in [-0.39, 0.29) is 29.8 Å². The van der Waals surface area contributed by atoms with Gasteiger partial charge in [-0.1, -0.05) is 11.6 Å². The van der Waals surface area contributed by atoms with Crippen LogP contribution >= 0.6 is 0 Å². The minimum absolute atomic E-state index is 0.183. The number of esters is 1. The second-order valence-electron chi connectivity index (χ2n) is 9.34. The first-order valence-corrected chi connectivity index (χ1v) is 10.3. The minimum Gasteiger partial charge on any atom is -0.509 e. The average molecular weight is 401 g/mol. The summed E-state index contributed by atoms with van der Waals surface area (Å²) in [6.45, 7) is 10.5. The van der Waals surface area contributed by atoms with Gasteiger partial charge >= 0.3 is 5.97 Å². The fourth-order valence-corrected chi connectivity index (χ4v) is 4.54. The Morgan fingerprint density at radius 1 is 1.41 bits per heavy atom. The van der Waals surface area contributed by atoms with E-state index in [9.17, 15) is 9.90 Å². The standard InChI is InChI=1S/C23H32N2O4/c1-14-7-8-17-16(11-14)20-18(26)12-15(13-19(20)29-23(17,4)5)22(2,3)21(27)28-10-6-9-25-24/h7,12-13,16-17,25-26H,6,8-11H2,1-5H3/t16-,17?/m1/s1. The van der Waals surface area contributed by atoms with E-state index >= 15 is 0 Å². The lowest BCUT2D eigenvalue weighted by Crippen LogP contribution is -2.63. The van der Waals surface area contributed by atoms with E-state index in [2.05, 4.69) is 26.8 Å². The van der Waals surface area contributed by atoms with Crippen LogP contribution in [0.1, 0.15) is 70.9 Å². The zero-order chi connectivity index (χ0) is 21.4. The Labute approximate surface area is 172 Å². The van der Waals surface area contributed by atoms with Gasteiger partial charge in [-0.05, 0) is 65.2 Å². The molecule has 0 saturated heterocycles. The molecule has 2 aliphatic rings. The first kappa shape index (κ1) is 21.3. The highest BCUT2D eigenvalue weighted by Gasteiger charge is 2.46. The van der Waals surface area contributed by atoms with E-state index in [4.69, 9.17) is 15.0 Å². The molecule has 2 N–H and O–H groups in total. The number of aromatic hydroxyl groups is 1. The zero-order valence-electron chi connectivity index (χ0n) is 18.0. The highest BCUT2D eigenvalue weighted by atomic mass is 16.5. The Kier molecular flexibility index (Phi) is 5.74. The van der Waals surface area contributed by atoms with Gasteiger partial charge < -0.3 is 25.2 Å². The summed E-state index contributed by atoms with van der Waals surface area (Å²) in [6.07, 6.45) is 4.63. The van der Waals surface area contributed by atoms with Gasteiger partial charge in [-0.2, -0.15) is 0 Å². The number of carbonyl (C=O) groups excluding carboxylic acids is 1. The topological polar surface area (TPSA) is 92.0 Å². The number of phenolic OH excluding ortho intramolecular Hbond substituents is 1. The summed E-state index contributed by atoms with van der Waals surface area (Å²) < 4.78 is 11.7. The number of rotatable bonds is 6. The number of hydrogen-bond donors (Lipinski definition) is 2. The quantitative estimate of drug-likeness (QED) is 0.332. The van der Waals surface area contributed by atoms with Gasteiger partial charge in [0.05, 0.1) is 12.0 Å². The zero-order valence-corrected chi connectivity index (χ0v) is 18.0. The van der Waals surface area contributed by atoms with Crippen molar-refractivity contribution in [1.82, 2.24) is 0 Å². The largest absolute Gasteiger partial charge is 0.509 e. The summed E-state index contributed by atoms with van der Waals surface area (Å²) in [6, 6.07) is 3.57. The summed E-state index contributed by atoms with van der Waals surface area (Å²) in [4.78, 5) is 12.7. The van der Waals surface area contributed by atoms with Crippen LogP contribution in [0.3, 0.4) is 0 Å². The summed E-state index contributed by atoms with van der Waals surface area (Å²) in [5, 5.41) is 13.0. The molecule has 0 spiro atoms. The molecular weight excluding hydrogens is 368 g/mol. The van der Waals surface area contributed by atoms with Crippen molar-refractivity contribution in [2.75, 3.05) is 13.2 Å². The number of hydrogen-bond acceptors (Lipinski definition) is 4. The molecular formula is C23H32N2O4. The Hall–Kier alpha value is -2.37. The molecule has 3 rings (SSSR count). The normalized spacial score (nSPS) is 22.6. The van der Waals surface area contributed by atoms with Gasteiger partial charge in [0.1, 0.15) is 23.6 Å². The minimum atomic E-state index is -0.939. The highest BCUT2D eigenvalue weighted by molar-refractivity contribution is 5.82. The number of phenols is 1. The number of nitrogens with one attached hydrogen (secondary N) is 1. The lowest BCUT2D eigenvalue weighted by atomic mass is 9.67. The molecule has 0 bridgehead atoms. The third kappa shape index (κ3) is 4.02. The first-order valence-electron chi connectivity index (χ1n) is 10.3. The number of ether oxygens (including phenoxy) is 2. The number of benzene rings is 1. The molecule has 0 fully saturated rings. The van der Waals surface area contributed by atoms with Crippen molar-refractivity contribution >= 4 is 5.97 Å². The van der Waals surface area contributed by atoms with E-state index in [1.54, 1.807) is 19.9 Å². The molecule has 1 unspecified atom stereocenters. The number of fused-ring (bicyclic) bond motifs is 3. The fourth-order valence-electron chi connectivity index (χ4n) is 4.54. The fraction of sp³-hybridized carbons (Fsp3) is 0.609. The highest BCUT2D eigenvalue weighted by Crippen LogP contribution is 2.54. The van der Waals surface area contributed by atoms with Gasteiger partial charge in [0, 0.05) is 23.8 Å². The predicted molar refractivity (Wildman–Crippen MR) is 110 cm³/mol. The molecule has 0 saturated carbocycles. The van der Waals surface area contributed by atoms with Crippen LogP contribution in [0.5, 0.6) is 11.5 Å². The van der Waals surface area contributed by atoms with Crippen molar-refractivity contribution in [3.05, 3.63) is 40.4 Å². The molecule has 0 aromatic heterocycles. The van der Waals surface area contributed by atoms with Crippen molar-refractivity contribution in [2.24, 2.45) is 5.92 Å². The molecule has 0 radical (unpaired) electrons. The van der Waals surface area contributed by atoms with Crippen molar-refractivity contribution in [2.45, 2.75) is 70.8 Å². The van der Waals surface area contributed by atoms with E-state index in [0.717, 1.165) is 18.4 Å². The van der Waals surface area contributed by atoms with Crippen molar-refractivity contribution in [1.29, 1.82) is 0 Å². The van der Waals surface area contributed by atoms with Crippen LogP contribution < -0.4 is 9.85 Å². The van der Waals surface area contributed by atoms with Gasteiger partial charge in [0.15, 0.2) is 0 Å². The van der Waals surface area contributed by atoms with Crippen LogP contribution in [0.15, 0.2) is 23.8 Å². The molecule has 29 heavy (non-hydrogen) atoms. The summed E-state index contributed by atoms with van der Waals surface area (Å²) in [5.41, 5.74) is 10.2. The van der Waals surface area contributed by atoms with Crippen LogP contribution in [-0.2, 0) is 14.9 Å². The van der Waals surface area contributed by atoms with Gasteiger partial charge in [0.25, 0.3) is 0 Å². The molecule has 1 heterocycles. The maximum Gasteiger partial charge on any atom is 0.315 e. The van der Waals surface area contributed by atoms with Gasteiger partial charge in [-0.25, -0.2) is 0 Å². The molecule has 6 nitrogen and oxygen atoms in total. The Morgan fingerprint density at radius 3 is 2.83 bits per heavy atom.